The third kappa shape index (κ3) is 1.78. The van der Waals surface area contributed by atoms with Crippen LogP contribution in [0.25, 0.3) is 11.3 Å². The first-order chi connectivity index (χ1) is 8.47. The van der Waals surface area contributed by atoms with E-state index in [0.717, 1.165) is 16.8 Å². The average molecular weight is 275 g/mol. The molecule has 0 atom stereocenters. The summed E-state index contributed by atoms with van der Waals surface area (Å²) in [7, 11) is 1.44. The maximum absolute atomic E-state index is 13.6. The molecule has 0 fully saturated rings. The number of hydrogen-bond donors (Lipinski definition) is 0. The van der Waals surface area contributed by atoms with Crippen molar-refractivity contribution >= 4 is 17.9 Å². The summed E-state index contributed by atoms with van der Waals surface area (Å²) >= 11 is 5.77. The predicted octanol–water partition coefficient (Wildman–Crippen LogP) is 2.97. The molecule has 0 spiro atoms. The maximum atomic E-state index is 13.6. The van der Waals surface area contributed by atoms with E-state index in [9.17, 15) is 18.0 Å². The van der Waals surface area contributed by atoms with Crippen molar-refractivity contribution in [3.05, 3.63) is 40.3 Å². The Balaban J connectivity index is 2.74. The molecule has 1 aromatic heterocycles. The van der Waals surface area contributed by atoms with Crippen molar-refractivity contribution in [2.75, 3.05) is 0 Å². The van der Waals surface area contributed by atoms with E-state index in [1.807, 2.05) is 0 Å². The lowest BCUT2D eigenvalue weighted by Crippen LogP contribution is -1.96. The predicted molar refractivity (Wildman–Crippen MR) is 58.9 cm³/mol. The molecule has 1 aromatic carbocycles. The van der Waals surface area contributed by atoms with Crippen molar-refractivity contribution in [3.8, 4) is 11.3 Å². The van der Waals surface area contributed by atoms with E-state index in [4.69, 9.17) is 11.6 Å². The number of aryl methyl sites for hydroxylation is 1. The molecule has 0 N–H and O–H groups in total. The van der Waals surface area contributed by atoms with Crippen LogP contribution in [0.4, 0.5) is 13.2 Å². The highest BCUT2D eigenvalue weighted by atomic mass is 35.5. The van der Waals surface area contributed by atoms with E-state index in [-0.39, 0.29) is 22.0 Å². The molecule has 0 aliphatic carbocycles. The Morgan fingerprint density at radius 1 is 1.28 bits per heavy atom. The largest absolute Gasteiger partial charge is 0.298 e. The van der Waals surface area contributed by atoms with Gasteiger partial charge in [0.25, 0.3) is 0 Å². The first kappa shape index (κ1) is 12.6. The molecule has 18 heavy (non-hydrogen) atoms. The third-order valence-corrected chi connectivity index (χ3v) is 2.87. The van der Waals surface area contributed by atoms with Gasteiger partial charge in [-0.2, -0.15) is 5.10 Å². The molecule has 0 aliphatic rings. The van der Waals surface area contributed by atoms with E-state index in [0.29, 0.717) is 6.29 Å². The van der Waals surface area contributed by atoms with Gasteiger partial charge in [0.1, 0.15) is 10.8 Å². The molecular weight excluding hydrogens is 269 g/mol. The zero-order valence-electron chi connectivity index (χ0n) is 9.05. The Morgan fingerprint density at radius 3 is 2.56 bits per heavy atom. The zero-order valence-corrected chi connectivity index (χ0v) is 9.80. The summed E-state index contributed by atoms with van der Waals surface area (Å²) in [6.07, 6.45) is 0.380. The normalized spacial score (nSPS) is 10.7. The molecule has 0 unspecified atom stereocenters. The van der Waals surface area contributed by atoms with Crippen molar-refractivity contribution in [2.45, 2.75) is 0 Å². The Hall–Kier alpha value is -1.82. The molecule has 2 rings (SSSR count). The molecule has 0 radical (unpaired) electrons. The maximum Gasteiger partial charge on any atom is 0.195 e. The summed E-state index contributed by atoms with van der Waals surface area (Å²) < 4.78 is 40.6. The second-order valence-corrected chi connectivity index (χ2v) is 3.88. The summed E-state index contributed by atoms with van der Waals surface area (Å²) in [5, 5.41) is 3.80. The highest BCUT2D eigenvalue weighted by Crippen LogP contribution is 2.30. The van der Waals surface area contributed by atoms with Crippen molar-refractivity contribution in [3.63, 3.8) is 0 Å². The molecule has 7 heteroatoms. The molecule has 94 valence electrons. The number of rotatable bonds is 2. The highest BCUT2D eigenvalue weighted by molar-refractivity contribution is 6.32. The van der Waals surface area contributed by atoms with E-state index >= 15 is 0 Å². The molecule has 0 aliphatic heterocycles. The lowest BCUT2D eigenvalue weighted by Gasteiger charge is -2.02. The van der Waals surface area contributed by atoms with Crippen LogP contribution in [0.1, 0.15) is 10.4 Å². The van der Waals surface area contributed by atoms with Crippen LogP contribution in [0.2, 0.25) is 5.15 Å². The summed E-state index contributed by atoms with van der Waals surface area (Å²) in [4.78, 5) is 10.9. The number of carbonyl (C=O) groups is 1. The number of halogens is 4. The number of aromatic nitrogens is 2. The van der Waals surface area contributed by atoms with Gasteiger partial charge in [-0.25, -0.2) is 13.2 Å². The standard InChI is InChI=1S/C11H6ClF3N2O/c1-17-11(12)6(4-18)10(16-17)5-2-3-7(13)9(15)8(5)14/h2-4H,1H3. The van der Waals surface area contributed by atoms with Crippen LogP contribution < -0.4 is 0 Å². The molecule has 0 saturated heterocycles. The monoisotopic (exact) mass is 274 g/mol. The van der Waals surface area contributed by atoms with Crippen LogP contribution >= 0.6 is 11.6 Å². The lowest BCUT2D eigenvalue weighted by molar-refractivity contribution is 0.112. The second-order valence-electron chi connectivity index (χ2n) is 3.52. The molecule has 2 aromatic rings. The van der Waals surface area contributed by atoms with Crippen LogP contribution in [-0.4, -0.2) is 16.1 Å². The summed E-state index contributed by atoms with van der Waals surface area (Å²) in [5.41, 5.74) is -0.531. The number of benzene rings is 1. The van der Waals surface area contributed by atoms with E-state index < -0.39 is 17.5 Å². The fraction of sp³-hybridized carbons (Fsp3) is 0.0909. The van der Waals surface area contributed by atoms with E-state index in [1.54, 1.807) is 0 Å². The number of nitrogens with zero attached hydrogens (tertiary/aromatic N) is 2. The first-order valence-electron chi connectivity index (χ1n) is 4.79. The number of aldehydes is 1. The van der Waals surface area contributed by atoms with Crippen molar-refractivity contribution in [2.24, 2.45) is 7.05 Å². The summed E-state index contributed by atoms with van der Waals surface area (Å²) in [6, 6.07) is 1.75. The van der Waals surface area contributed by atoms with Crippen LogP contribution in [-0.2, 0) is 7.05 Å². The van der Waals surface area contributed by atoms with Gasteiger partial charge in [0.15, 0.2) is 23.7 Å². The SMILES string of the molecule is Cn1nc(-c2ccc(F)c(F)c2F)c(C=O)c1Cl. The summed E-state index contributed by atoms with van der Waals surface area (Å²) in [6.45, 7) is 0. The Kier molecular flexibility index (Phi) is 3.13. The van der Waals surface area contributed by atoms with Gasteiger partial charge in [-0.1, -0.05) is 11.6 Å². The highest BCUT2D eigenvalue weighted by Gasteiger charge is 2.21. The third-order valence-electron chi connectivity index (χ3n) is 2.42. The van der Waals surface area contributed by atoms with Crippen molar-refractivity contribution < 1.29 is 18.0 Å². The first-order valence-corrected chi connectivity index (χ1v) is 5.16. The number of carbonyl (C=O) groups excluding carboxylic acids is 1. The topological polar surface area (TPSA) is 34.9 Å². The number of hydrogen-bond acceptors (Lipinski definition) is 2. The van der Waals surface area contributed by atoms with Gasteiger partial charge in [-0.3, -0.25) is 9.48 Å². The van der Waals surface area contributed by atoms with Gasteiger partial charge in [-0.15, -0.1) is 0 Å². The van der Waals surface area contributed by atoms with Crippen LogP contribution in [0, 0.1) is 17.5 Å². The second kappa shape index (κ2) is 4.45. The molecule has 1 heterocycles. The van der Waals surface area contributed by atoms with Crippen LogP contribution in [0.3, 0.4) is 0 Å². The lowest BCUT2D eigenvalue weighted by atomic mass is 10.1. The minimum atomic E-state index is -1.62. The van der Waals surface area contributed by atoms with Gasteiger partial charge in [0.2, 0.25) is 0 Å². The molecular formula is C11H6ClF3N2O. The average Bonchev–Trinajstić information content (AvgIpc) is 2.62. The van der Waals surface area contributed by atoms with Gasteiger partial charge in [0, 0.05) is 12.6 Å². The Morgan fingerprint density at radius 2 is 1.94 bits per heavy atom. The van der Waals surface area contributed by atoms with Gasteiger partial charge < -0.3 is 0 Å². The van der Waals surface area contributed by atoms with Gasteiger partial charge in [0.05, 0.1) is 5.56 Å². The van der Waals surface area contributed by atoms with Crippen LogP contribution in [0.15, 0.2) is 12.1 Å². The van der Waals surface area contributed by atoms with E-state index in [1.165, 1.54) is 7.05 Å². The minimum absolute atomic E-state index is 0.0101. The van der Waals surface area contributed by atoms with Crippen molar-refractivity contribution in [1.82, 2.24) is 9.78 Å². The van der Waals surface area contributed by atoms with Gasteiger partial charge >= 0.3 is 0 Å². The fourth-order valence-corrected chi connectivity index (χ4v) is 1.70. The van der Waals surface area contributed by atoms with E-state index in [2.05, 4.69) is 5.10 Å². The Labute approximate surface area is 105 Å². The Bertz CT molecular complexity index is 640. The summed E-state index contributed by atoms with van der Waals surface area (Å²) in [5.74, 6) is -4.34. The van der Waals surface area contributed by atoms with Gasteiger partial charge in [-0.05, 0) is 12.1 Å². The molecule has 0 bridgehead atoms. The zero-order chi connectivity index (χ0) is 13.4. The van der Waals surface area contributed by atoms with Crippen LogP contribution in [0.5, 0.6) is 0 Å². The van der Waals surface area contributed by atoms with Crippen molar-refractivity contribution in [1.29, 1.82) is 0 Å². The smallest absolute Gasteiger partial charge is 0.195 e. The molecule has 0 amide bonds. The minimum Gasteiger partial charge on any atom is -0.298 e. The molecule has 0 saturated carbocycles. The fourth-order valence-electron chi connectivity index (χ4n) is 1.53. The molecule has 3 nitrogen and oxygen atoms in total. The quantitative estimate of drug-likeness (QED) is 0.623.